The molecule has 0 unspecified atom stereocenters. The van der Waals surface area contributed by atoms with E-state index in [2.05, 4.69) is 5.32 Å². The molecule has 0 bridgehead atoms. The van der Waals surface area contributed by atoms with Crippen molar-refractivity contribution in [2.24, 2.45) is 0 Å². The smallest absolute Gasteiger partial charge is 0.271 e. The number of fused-ring (bicyclic) bond motifs is 1. The number of benzene rings is 3. The molecule has 4 rings (SSSR count). The minimum atomic E-state index is -4.39. The van der Waals surface area contributed by atoms with Crippen LogP contribution in [0.1, 0.15) is 0 Å². The molecule has 0 atom stereocenters. The van der Waals surface area contributed by atoms with Gasteiger partial charge in [-0.3, -0.25) is 19.2 Å². The summed E-state index contributed by atoms with van der Waals surface area (Å²) in [6, 6.07) is 12.1. The van der Waals surface area contributed by atoms with Crippen molar-refractivity contribution in [3.8, 4) is 11.5 Å². The highest BCUT2D eigenvalue weighted by Crippen LogP contribution is 2.34. The van der Waals surface area contributed by atoms with Gasteiger partial charge in [0.1, 0.15) is 25.6 Å². The van der Waals surface area contributed by atoms with Crippen molar-refractivity contribution in [3.05, 3.63) is 81.6 Å². The number of amides is 1. The quantitative estimate of drug-likeness (QED) is 0.367. The standard InChI is InChI=1S/C22H17ClFN3O7S/c23-18-6-4-16(27(29)30)11-19(18)25-22(28)13-26(15-3-1-2-14(24)10-15)35(31,32)17-5-7-20-21(12-17)34-9-8-33-20/h1-7,10-12H,8-9,13H2,(H,25,28). The Bertz CT molecular complexity index is 1420. The molecule has 1 aliphatic rings. The SMILES string of the molecule is O=C(CN(c1cccc(F)c1)S(=O)(=O)c1ccc2c(c1)OCCO2)Nc1cc([N+](=O)[O-])ccc1Cl. The van der Waals surface area contributed by atoms with Crippen LogP contribution in [0.2, 0.25) is 5.02 Å². The number of carbonyl (C=O) groups is 1. The van der Waals surface area contributed by atoms with Crippen LogP contribution in [0.25, 0.3) is 0 Å². The van der Waals surface area contributed by atoms with E-state index in [9.17, 15) is 27.7 Å². The zero-order valence-corrected chi connectivity index (χ0v) is 19.4. The van der Waals surface area contributed by atoms with E-state index in [4.69, 9.17) is 21.1 Å². The summed E-state index contributed by atoms with van der Waals surface area (Å²) >= 11 is 6.03. The number of ether oxygens (including phenoxy) is 2. The van der Waals surface area contributed by atoms with E-state index in [1.165, 1.54) is 36.4 Å². The van der Waals surface area contributed by atoms with Gasteiger partial charge >= 0.3 is 0 Å². The monoisotopic (exact) mass is 521 g/mol. The Morgan fingerprint density at radius 2 is 1.83 bits per heavy atom. The van der Waals surface area contributed by atoms with Crippen molar-refractivity contribution in [2.45, 2.75) is 4.90 Å². The summed E-state index contributed by atoms with van der Waals surface area (Å²) < 4.78 is 52.6. The largest absolute Gasteiger partial charge is 0.486 e. The lowest BCUT2D eigenvalue weighted by molar-refractivity contribution is -0.384. The van der Waals surface area contributed by atoms with Crippen LogP contribution in [0.15, 0.2) is 65.6 Å². The van der Waals surface area contributed by atoms with Gasteiger partial charge in [-0.05, 0) is 36.4 Å². The van der Waals surface area contributed by atoms with Crippen molar-refractivity contribution in [1.29, 1.82) is 0 Å². The highest BCUT2D eigenvalue weighted by atomic mass is 35.5. The molecule has 35 heavy (non-hydrogen) atoms. The topological polar surface area (TPSA) is 128 Å². The second-order valence-electron chi connectivity index (χ2n) is 7.27. The Morgan fingerprint density at radius 1 is 1.09 bits per heavy atom. The molecule has 0 fully saturated rings. The highest BCUT2D eigenvalue weighted by molar-refractivity contribution is 7.92. The van der Waals surface area contributed by atoms with Gasteiger partial charge in [0.25, 0.3) is 15.7 Å². The number of carbonyl (C=O) groups excluding carboxylic acids is 1. The van der Waals surface area contributed by atoms with Crippen LogP contribution in [0.5, 0.6) is 11.5 Å². The number of halogens is 2. The van der Waals surface area contributed by atoms with Crippen LogP contribution in [0.3, 0.4) is 0 Å². The summed E-state index contributed by atoms with van der Waals surface area (Å²) in [6.45, 7) is -0.232. The van der Waals surface area contributed by atoms with E-state index < -0.39 is 33.2 Å². The molecule has 182 valence electrons. The normalized spacial score (nSPS) is 12.6. The molecule has 0 radical (unpaired) electrons. The number of hydrogen-bond donors (Lipinski definition) is 1. The zero-order valence-electron chi connectivity index (χ0n) is 17.8. The van der Waals surface area contributed by atoms with Crippen LogP contribution in [-0.2, 0) is 14.8 Å². The molecule has 0 spiro atoms. The van der Waals surface area contributed by atoms with Crippen molar-refractivity contribution in [3.63, 3.8) is 0 Å². The van der Waals surface area contributed by atoms with Crippen LogP contribution in [0.4, 0.5) is 21.5 Å². The number of rotatable bonds is 7. The number of non-ortho nitro benzene ring substituents is 1. The van der Waals surface area contributed by atoms with Gasteiger partial charge in [0.2, 0.25) is 5.91 Å². The van der Waals surface area contributed by atoms with Crippen molar-refractivity contribution < 1.29 is 32.0 Å². The van der Waals surface area contributed by atoms with E-state index in [-0.39, 0.29) is 39.3 Å². The summed E-state index contributed by atoms with van der Waals surface area (Å²) in [4.78, 5) is 23.0. The highest BCUT2D eigenvalue weighted by Gasteiger charge is 2.29. The lowest BCUT2D eigenvalue weighted by Gasteiger charge is -2.25. The number of sulfonamides is 1. The molecule has 0 aromatic heterocycles. The maximum atomic E-state index is 14.0. The molecule has 0 saturated carbocycles. The Kier molecular flexibility index (Phi) is 6.76. The van der Waals surface area contributed by atoms with Gasteiger partial charge in [0.15, 0.2) is 11.5 Å². The van der Waals surface area contributed by atoms with E-state index in [1.807, 2.05) is 0 Å². The van der Waals surface area contributed by atoms with E-state index in [0.717, 1.165) is 24.3 Å². The van der Waals surface area contributed by atoms with Gasteiger partial charge in [0.05, 0.1) is 26.2 Å². The molecule has 3 aromatic carbocycles. The lowest BCUT2D eigenvalue weighted by Crippen LogP contribution is -2.38. The Balaban J connectivity index is 1.68. The lowest BCUT2D eigenvalue weighted by atomic mass is 10.2. The maximum absolute atomic E-state index is 14.0. The number of nitro groups is 1. The summed E-state index contributed by atoms with van der Waals surface area (Å²) in [5.41, 5.74) is -0.516. The molecule has 0 saturated heterocycles. The van der Waals surface area contributed by atoms with Gasteiger partial charge in [-0.2, -0.15) is 0 Å². The van der Waals surface area contributed by atoms with Crippen molar-refractivity contribution >= 4 is 44.6 Å². The van der Waals surface area contributed by atoms with E-state index in [0.29, 0.717) is 16.7 Å². The maximum Gasteiger partial charge on any atom is 0.271 e. The minimum Gasteiger partial charge on any atom is -0.486 e. The number of hydrogen-bond acceptors (Lipinski definition) is 7. The Morgan fingerprint density at radius 3 is 2.54 bits per heavy atom. The fourth-order valence-electron chi connectivity index (χ4n) is 3.30. The van der Waals surface area contributed by atoms with Gasteiger partial charge < -0.3 is 14.8 Å². The molecule has 0 aliphatic carbocycles. The first kappa shape index (κ1) is 24.2. The third-order valence-corrected chi connectivity index (χ3v) is 7.02. The average Bonchev–Trinajstić information content (AvgIpc) is 2.83. The third-order valence-electron chi connectivity index (χ3n) is 4.92. The third kappa shape index (κ3) is 5.28. The Labute approximate surface area is 204 Å². The van der Waals surface area contributed by atoms with Crippen molar-refractivity contribution in [2.75, 3.05) is 29.4 Å². The Hall–Kier alpha value is -3.90. The first-order valence-corrected chi connectivity index (χ1v) is 11.9. The van der Waals surface area contributed by atoms with E-state index >= 15 is 0 Å². The summed E-state index contributed by atoms with van der Waals surface area (Å²) in [5.74, 6) is -1.00. The number of nitrogens with zero attached hydrogens (tertiary/aromatic N) is 2. The predicted molar refractivity (Wildman–Crippen MR) is 125 cm³/mol. The fraction of sp³-hybridized carbons (Fsp3) is 0.136. The van der Waals surface area contributed by atoms with Gasteiger partial charge in [-0.25, -0.2) is 12.8 Å². The van der Waals surface area contributed by atoms with Crippen molar-refractivity contribution in [1.82, 2.24) is 0 Å². The van der Waals surface area contributed by atoms with Gasteiger partial charge in [0, 0.05) is 18.2 Å². The molecule has 13 heteroatoms. The number of anilines is 2. The molecule has 10 nitrogen and oxygen atoms in total. The minimum absolute atomic E-state index is 0.0101. The molecule has 1 aliphatic heterocycles. The second-order valence-corrected chi connectivity index (χ2v) is 9.54. The fourth-order valence-corrected chi connectivity index (χ4v) is 4.89. The second kappa shape index (κ2) is 9.76. The molecule has 1 N–H and O–H groups in total. The zero-order chi connectivity index (χ0) is 25.2. The summed E-state index contributed by atoms with van der Waals surface area (Å²) in [7, 11) is -4.39. The molecule has 3 aromatic rings. The summed E-state index contributed by atoms with van der Waals surface area (Å²) in [5, 5.41) is 13.4. The molecule has 1 amide bonds. The van der Waals surface area contributed by atoms with Crippen LogP contribution >= 0.6 is 11.6 Å². The van der Waals surface area contributed by atoms with Crippen LogP contribution in [0, 0.1) is 15.9 Å². The first-order chi connectivity index (χ1) is 16.6. The number of nitro benzene ring substituents is 1. The molecular weight excluding hydrogens is 505 g/mol. The predicted octanol–water partition coefficient (Wildman–Crippen LogP) is 3.99. The first-order valence-electron chi connectivity index (χ1n) is 10.1. The number of nitrogens with one attached hydrogen (secondary N) is 1. The van der Waals surface area contributed by atoms with E-state index in [1.54, 1.807) is 0 Å². The van der Waals surface area contributed by atoms with Gasteiger partial charge in [-0.15, -0.1) is 0 Å². The van der Waals surface area contributed by atoms with Gasteiger partial charge in [-0.1, -0.05) is 17.7 Å². The molecule has 1 heterocycles. The van der Waals surface area contributed by atoms with Crippen LogP contribution in [-0.4, -0.2) is 39.0 Å². The summed E-state index contributed by atoms with van der Waals surface area (Å²) in [6.07, 6.45) is 0. The molecular formula is C22H17ClFN3O7S. The van der Waals surface area contributed by atoms with Crippen LogP contribution < -0.4 is 19.1 Å². The average molecular weight is 522 g/mol.